The van der Waals surface area contributed by atoms with Crippen LogP contribution in [0.25, 0.3) is 11.1 Å². The summed E-state index contributed by atoms with van der Waals surface area (Å²) in [7, 11) is 0. The molecule has 190 valence electrons. The number of hydrogen-bond donors (Lipinski definition) is 2. The SMILES string of the molecule is CCc1ccc(NC(=O)CSc2nc(C)c(C(=O)Nc3ccccc3)c(-c3ccc(Cl)cc3)c2C#N)cc1. The molecule has 2 N–H and O–H groups in total. The summed E-state index contributed by atoms with van der Waals surface area (Å²) in [5, 5.41) is 16.9. The van der Waals surface area contributed by atoms with Crippen LogP contribution in [-0.2, 0) is 11.2 Å². The number of rotatable bonds is 8. The van der Waals surface area contributed by atoms with Crippen LogP contribution < -0.4 is 10.6 Å². The molecule has 38 heavy (non-hydrogen) atoms. The Kier molecular flexibility index (Phi) is 8.80. The van der Waals surface area contributed by atoms with E-state index in [0.717, 1.165) is 18.2 Å². The van der Waals surface area contributed by atoms with E-state index in [0.29, 0.717) is 38.2 Å². The van der Waals surface area contributed by atoms with Crippen molar-refractivity contribution >= 4 is 46.6 Å². The van der Waals surface area contributed by atoms with Crippen molar-refractivity contribution in [2.75, 3.05) is 16.4 Å². The minimum absolute atomic E-state index is 0.0479. The van der Waals surface area contributed by atoms with E-state index >= 15 is 0 Å². The van der Waals surface area contributed by atoms with Gasteiger partial charge in [-0.1, -0.05) is 72.8 Å². The Morgan fingerprint density at radius 2 is 1.61 bits per heavy atom. The van der Waals surface area contributed by atoms with E-state index in [4.69, 9.17) is 11.6 Å². The molecule has 0 fully saturated rings. The van der Waals surface area contributed by atoms with Crippen molar-refractivity contribution in [2.24, 2.45) is 0 Å². The van der Waals surface area contributed by atoms with Crippen LogP contribution in [0, 0.1) is 18.3 Å². The minimum Gasteiger partial charge on any atom is -0.325 e. The first-order valence-electron chi connectivity index (χ1n) is 12.0. The number of pyridine rings is 1. The van der Waals surface area contributed by atoms with Gasteiger partial charge < -0.3 is 10.6 Å². The molecule has 0 aliphatic heterocycles. The van der Waals surface area contributed by atoms with Gasteiger partial charge in [-0.25, -0.2) is 4.98 Å². The number of nitrogens with one attached hydrogen (secondary N) is 2. The molecule has 0 bridgehead atoms. The van der Waals surface area contributed by atoms with E-state index < -0.39 is 0 Å². The number of aryl methyl sites for hydroxylation is 2. The number of thioether (sulfide) groups is 1. The smallest absolute Gasteiger partial charge is 0.258 e. The highest BCUT2D eigenvalue weighted by Crippen LogP contribution is 2.36. The van der Waals surface area contributed by atoms with Gasteiger partial charge in [0.2, 0.25) is 5.91 Å². The summed E-state index contributed by atoms with van der Waals surface area (Å²) in [4.78, 5) is 30.7. The number of para-hydroxylation sites is 1. The van der Waals surface area contributed by atoms with Gasteiger partial charge in [-0.05, 0) is 60.9 Å². The highest BCUT2D eigenvalue weighted by Gasteiger charge is 2.25. The lowest BCUT2D eigenvalue weighted by atomic mass is 9.94. The normalized spacial score (nSPS) is 10.5. The monoisotopic (exact) mass is 540 g/mol. The van der Waals surface area contributed by atoms with Gasteiger partial charge in [-0.15, -0.1) is 0 Å². The number of nitriles is 1. The van der Waals surface area contributed by atoms with E-state index in [1.165, 1.54) is 5.56 Å². The summed E-state index contributed by atoms with van der Waals surface area (Å²) in [6.45, 7) is 3.79. The quantitative estimate of drug-likeness (QED) is 0.232. The van der Waals surface area contributed by atoms with E-state index in [-0.39, 0.29) is 28.7 Å². The average molecular weight is 541 g/mol. The lowest BCUT2D eigenvalue weighted by molar-refractivity contribution is -0.113. The molecule has 0 unspecified atom stereocenters. The van der Waals surface area contributed by atoms with Crippen molar-refractivity contribution in [1.82, 2.24) is 4.98 Å². The number of aromatic nitrogens is 1. The highest BCUT2D eigenvalue weighted by molar-refractivity contribution is 8.00. The molecule has 4 rings (SSSR count). The van der Waals surface area contributed by atoms with Crippen LogP contribution in [0.2, 0.25) is 5.02 Å². The van der Waals surface area contributed by atoms with E-state index in [9.17, 15) is 14.9 Å². The standard InChI is InChI=1S/C30H25ClN4O2S/c1-3-20-9-15-24(16-10-20)34-26(36)18-38-30-25(17-32)28(21-11-13-22(31)14-12-21)27(19(2)33-30)29(37)35-23-7-5-4-6-8-23/h4-16H,3,18H2,1-2H3,(H,34,36)(H,35,37). The van der Waals surface area contributed by atoms with Gasteiger partial charge in [-0.3, -0.25) is 9.59 Å². The lowest BCUT2D eigenvalue weighted by Crippen LogP contribution is -2.18. The first kappa shape index (κ1) is 26.9. The minimum atomic E-state index is -0.382. The molecular formula is C30H25ClN4O2S. The van der Waals surface area contributed by atoms with E-state index in [1.807, 2.05) is 42.5 Å². The summed E-state index contributed by atoms with van der Waals surface area (Å²) in [6.07, 6.45) is 0.918. The van der Waals surface area contributed by atoms with Gasteiger partial charge in [-0.2, -0.15) is 5.26 Å². The first-order valence-corrected chi connectivity index (χ1v) is 13.3. The summed E-state index contributed by atoms with van der Waals surface area (Å²) >= 11 is 7.26. The molecule has 2 amide bonds. The number of hydrogen-bond acceptors (Lipinski definition) is 5. The van der Waals surface area contributed by atoms with Crippen molar-refractivity contribution < 1.29 is 9.59 Å². The predicted octanol–water partition coefficient (Wildman–Crippen LogP) is 7.13. The molecule has 0 saturated heterocycles. The van der Waals surface area contributed by atoms with E-state index in [1.54, 1.807) is 43.3 Å². The largest absolute Gasteiger partial charge is 0.325 e. The van der Waals surface area contributed by atoms with Crippen LogP contribution >= 0.6 is 23.4 Å². The molecule has 0 aliphatic rings. The Bertz CT molecular complexity index is 1500. The summed E-state index contributed by atoms with van der Waals surface area (Å²) in [5.41, 5.74) is 4.56. The van der Waals surface area contributed by atoms with Crippen LogP contribution in [0.15, 0.2) is 83.9 Å². The fraction of sp³-hybridized carbons (Fsp3) is 0.133. The molecule has 0 aliphatic carbocycles. The third-order valence-electron chi connectivity index (χ3n) is 5.83. The Hall–Kier alpha value is -4.12. The lowest BCUT2D eigenvalue weighted by Gasteiger charge is -2.17. The predicted molar refractivity (Wildman–Crippen MR) is 154 cm³/mol. The first-order chi connectivity index (χ1) is 18.4. The third-order valence-corrected chi connectivity index (χ3v) is 7.06. The number of nitrogens with zero attached hydrogens (tertiary/aromatic N) is 2. The van der Waals surface area contributed by atoms with Crippen LogP contribution in [-0.4, -0.2) is 22.6 Å². The van der Waals surface area contributed by atoms with Crippen LogP contribution in [0.3, 0.4) is 0 Å². The second kappa shape index (κ2) is 12.4. The molecule has 0 spiro atoms. The molecule has 3 aromatic carbocycles. The van der Waals surface area contributed by atoms with E-state index in [2.05, 4.69) is 28.6 Å². The molecule has 0 saturated carbocycles. The van der Waals surface area contributed by atoms with Crippen molar-refractivity contribution in [2.45, 2.75) is 25.3 Å². The third kappa shape index (κ3) is 6.41. The second-order valence-corrected chi connectivity index (χ2v) is 9.85. The molecule has 6 nitrogen and oxygen atoms in total. The van der Waals surface area contributed by atoms with Gasteiger partial charge in [0, 0.05) is 22.0 Å². The number of benzene rings is 3. The summed E-state index contributed by atoms with van der Waals surface area (Å²) in [6, 6.07) is 25.9. The zero-order valence-corrected chi connectivity index (χ0v) is 22.5. The highest BCUT2D eigenvalue weighted by atomic mass is 35.5. The Morgan fingerprint density at radius 3 is 2.24 bits per heavy atom. The Balaban J connectivity index is 1.67. The van der Waals surface area contributed by atoms with Gasteiger partial charge in [0.15, 0.2) is 0 Å². The average Bonchev–Trinajstić information content (AvgIpc) is 2.93. The zero-order valence-electron chi connectivity index (χ0n) is 20.9. The molecule has 1 aromatic heterocycles. The topological polar surface area (TPSA) is 94.9 Å². The van der Waals surface area contributed by atoms with Gasteiger partial charge in [0.05, 0.1) is 22.6 Å². The van der Waals surface area contributed by atoms with Crippen molar-refractivity contribution in [3.63, 3.8) is 0 Å². The van der Waals surface area contributed by atoms with Crippen molar-refractivity contribution in [3.05, 3.63) is 106 Å². The maximum absolute atomic E-state index is 13.4. The molecule has 0 radical (unpaired) electrons. The van der Waals surface area contributed by atoms with Crippen LogP contribution in [0.5, 0.6) is 0 Å². The van der Waals surface area contributed by atoms with Gasteiger partial charge >= 0.3 is 0 Å². The maximum atomic E-state index is 13.4. The molecule has 8 heteroatoms. The van der Waals surface area contributed by atoms with Crippen molar-refractivity contribution in [3.8, 4) is 17.2 Å². The number of amides is 2. The number of anilines is 2. The molecule has 1 heterocycles. The molecular weight excluding hydrogens is 516 g/mol. The summed E-state index contributed by atoms with van der Waals surface area (Å²) < 4.78 is 0. The molecule has 4 aromatic rings. The Morgan fingerprint density at radius 1 is 0.947 bits per heavy atom. The molecule has 0 atom stereocenters. The Labute approximate surface area is 231 Å². The van der Waals surface area contributed by atoms with Crippen LogP contribution in [0.1, 0.15) is 34.1 Å². The summed E-state index contributed by atoms with van der Waals surface area (Å²) in [5.74, 6) is -0.555. The fourth-order valence-electron chi connectivity index (χ4n) is 3.94. The number of halogens is 1. The van der Waals surface area contributed by atoms with Gasteiger partial charge in [0.25, 0.3) is 5.91 Å². The van der Waals surface area contributed by atoms with Crippen molar-refractivity contribution in [1.29, 1.82) is 5.26 Å². The maximum Gasteiger partial charge on any atom is 0.258 e. The fourth-order valence-corrected chi connectivity index (χ4v) is 4.90. The van der Waals surface area contributed by atoms with Crippen LogP contribution in [0.4, 0.5) is 11.4 Å². The zero-order chi connectivity index (χ0) is 27.1. The number of carbonyl (C=O) groups is 2. The second-order valence-electron chi connectivity index (χ2n) is 8.45. The van der Waals surface area contributed by atoms with Gasteiger partial charge in [0.1, 0.15) is 11.1 Å². The number of carbonyl (C=O) groups excluding carboxylic acids is 2.